The summed E-state index contributed by atoms with van der Waals surface area (Å²) in [5.74, 6) is 0.828. The molecule has 2 aromatic heterocycles. The SMILES string of the molecule is CCNC(=NCc1cn2c(C)cccc2n1)NC1CC(=O)N(c2ccccc2)C1. The molecule has 1 atom stereocenters. The van der Waals surface area contributed by atoms with Crippen molar-refractivity contribution in [3.05, 3.63) is 66.1 Å². The average Bonchev–Trinajstić information content (AvgIpc) is 3.31. The van der Waals surface area contributed by atoms with Crippen LogP contribution >= 0.6 is 0 Å². The zero-order chi connectivity index (χ0) is 20.2. The maximum Gasteiger partial charge on any atom is 0.229 e. The van der Waals surface area contributed by atoms with Gasteiger partial charge in [0.15, 0.2) is 5.96 Å². The van der Waals surface area contributed by atoms with Gasteiger partial charge in [-0.05, 0) is 38.1 Å². The van der Waals surface area contributed by atoms with Gasteiger partial charge in [-0.3, -0.25) is 4.79 Å². The Bertz CT molecular complexity index is 1030. The van der Waals surface area contributed by atoms with Gasteiger partial charge in [0.05, 0.1) is 18.3 Å². The van der Waals surface area contributed by atoms with Crippen LogP contribution in [-0.4, -0.2) is 40.4 Å². The number of anilines is 1. The van der Waals surface area contributed by atoms with Crippen LogP contribution in [0.3, 0.4) is 0 Å². The van der Waals surface area contributed by atoms with E-state index in [2.05, 4.69) is 38.0 Å². The molecule has 3 aromatic rings. The molecule has 7 nitrogen and oxygen atoms in total. The summed E-state index contributed by atoms with van der Waals surface area (Å²) in [4.78, 5) is 23.6. The molecule has 1 aromatic carbocycles. The molecule has 2 N–H and O–H groups in total. The van der Waals surface area contributed by atoms with Gasteiger partial charge < -0.3 is 19.9 Å². The highest BCUT2D eigenvalue weighted by Crippen LogP contribution is 2.21. The number of aromatic nitrogens is 2. The van der Waals surface area contributed by atoms with Crippen molar-refractivity contribution in [2.75, 3.05) is 18.0 Å². The summed E-state index contributed by atoms with van der Waals surface area (Å²) in [6, 6.07) is 15.9. The molecule has 29 heavy (non-hydrogen) atoms. The van der Waals surface area contributed by atoms with Crippen molar-refractivity contribution in [1.82, 2.24) is 20.0 Å². The van der Waals surface area contributed by atoms with Gasteiger partial charge in [0.1, 0.15) is 5.65 Å². The summed E-state index contributed by atoms with van der Waals surface area (Å²) in [7, 11) is 0. The van der Waals surface area contributed by atoms with E-state index in [-0.39, 0.29) is 11.9 Å². The maximum atomic E-state index is 12.4. The highest BCUT2D eigenvalue weighted by Gasteiger charge is 2.31. The van der Waals surface area contributed by atoms with E-state index in [0.29, 0.717) is 25.5 Å². The molecule has 1 aliphatic heterocycles. The Kier molecular flexibility index (Phi) is 5.46. The molecular formula is C22H26N6O. The summed E-state index contributed by atoms with van der Waals surface area (Å²) in [5.41, 5.74) is 3.91. The summed E-state index contributed by atoms with van der Waals surface area (Å²) >= 11 is 0. The number of carbonyl (C=O) groups excluding carboxylic acids is 1. The zero-order valence-corrected chi connectivity index (χ0v) is 16.8. The smallest absolute Gasteiger partial charge is 0.229 e. The average molecular weight is 390 g/mol. The van der Waals surface area contributed by atoms with Crippen molar-refractivity contribution < 1.29 is 4.79 Å². The van der Waals surface area contributed by atoms with Gasteiger partial charge in [0.2, 0.25) is 5.91 Å². The van der Waals surface area contributed by atoms with Crippen molar-refractivity contribution in [3.63, 3.8) is 0 Å². The number of amides is 1. The fourth-order valence-corrected chi connectivity index (χ4v) is 3.61. The number of hydrogen-bond donors (Lipinski definition) is 2. The number of nitrogens with zero attached hydrogens (tertiary/aromatic N) is 4. The van der Waals surface area contributed by atoms with Crippen LogP contribution in [0.4, 0.5) is 5.69 Å². The number of imidazole rings is 1. The lowest BCUT2D eigenvalue weighted by Gasteiger charge is -2.18. The summed E-state index contributed by atoms with van der Waals surface area (Å²) in [6.07, 6.45) is 2.47. The van der Waals surface area contributed by atoms with Crippen molar-refractivity contribution >= 4 is 23.2 Å². The molecule has 3 heterocycles. The molecule has 1 amide bonds. The Hall–Kier alpha value is -3.35. The lowest BCUT2D eigenvalue weighted by atomic mass is 10.2. The van der Waals surface area contributed by atoms with Crippen molar-refractivity contribution in [3.8, 4) is 0 Å². The Morgan fingerprint density at radius 1 is 1.21 bits per heavy atom. The van der Waals surface area contributed by atoms with E-state index in [9.17, 15) is 4.79 Å². The van der Waals surface area contributed by atoms with Crippen LogP contribution in [0, 0.1) is 6.92 Å². The normalized spacial score (nSPS) is 17.2. The van der Waals surface area contributed by atoms with Crippen LogP contribution in [0.1, 0.15) is 24.7 Å². The second-order valence-electron chi connectivity index (χ2n) is 7.21. The third kappa shape index (κ3) is 4.23. The summed E-state index contributed by atoms with van der Waals surface area (Å²) in [6.45, 7) is 5.93. The number of para-hydroxylation sites is 1. The van der Waals surface area contributed by atoms with Crippen molar-refractivity contribution in [1.29, 1.82) is 0 Å². The minimum atomic E-state index is 0.0174. The minimum absolute atomic E-state index is 0.0174. The second kappa shape index (κ2) is 8.34. The second-order valence-corrected chi connectivity index (χ2v) is 7.21. The maximum absolute atomic E-state index is 12.4. The first-order valence-corrected chi connectivity index (χ1v) is 9.98. The van der Waals surface area contributed by atoms with Gasteiger partial charge in [-0.25, -0.2) is 9.98 Å². The van der Waals surface area contributed by atoms with E-state index in [1.807, 2.05) is 60.5 Å². The molecule has 0 saturated carbocycles. The van der Waals surface area contributed by atoms with E-state index < -0.39 is 0 Å². The van der Waals surface area contributed by atoms with Gasteiger partial charge in [0.25, 0.3) is 0 Å². The van der Waals surface area contributed by atoms with Crippen molar-refractivity contribution in [2.45, 2.75) is 32.9 Å². The third-order valence-electron chi connectivity index (χ3n) is 5.02. The van der Waals surface area contributed by atoms with E-state index >= 15 is 0 Å². The highest BCUT2D eigenvalue weighted by atomic mass is 16.2. The zero-order valence-electron chi connectivity index (χ0n) is 16.8. The van der Waals surface area contributed by atoms with E-state index in [0.717, 1.165) is 29.3 Å². The molecule has 0 spiro atoms. The molecule has 1 aliphatic rings. The first kappa shape index (κ1) is 19.0. The van der Waals surface area contributed by atoms with Gasteiger partial charge in [-0.1, -0.05) is 24.3 Å². The molecule has 1 fully saturated rings. The molecule has 4 rings (SSSR count). The summed E-state index contributed by atoms with van der Waals surface area (Å²) < 4.78 is 2.07. The van der Waals surface area contributed by atoms with Crippen molar-refractivity contribution in [2.24, 2.45) is 4.99 Å². The van der Waals surface area contributed by atoms with Crippen LogP contribution in [0.25, 0.3) is 5.65 Å². The first-order valence-electron chi connectivity index (χ1n) is 9.98. The van der Waals surface area contributed by atoms with Crippen LogP contribution in [-0.2, 0) is 11.3 Å². The number of nitrogens with one attached hydrogen (secondary N) is 2. The third-order valence-corrected chi connectivity index (χ3v) is 5.02. The van der Waals surface area contributed by atoms with Crippen LogP contribution in [0.2, 0.25) is 0 Å². The number of carbonyl (C=O) groups is 1. The Balaban J connectivity index is 1.44. The number of pyridine rings is 1. The molecule has 1 saturated heterocycles. The number of hydrogen-bond acceptors (Lipinski definition) is 3. The number of guanidine groups is 1. The van der Waals surface area contributed by atoms with E-state index in [1.54, 1.807) is 0 Å². The molecule has 0 radical (unpaired) electrons. The number of aryl methyl sites for hydroxylation is 1. The topological polar surface area (TPSA) is 74.0 Å². The van der Waals surface area contributed by atoms with Crippen LogP contribution in [0.15, 0.2) is 59.7 Å². The fraction of sp³-hybridized carbons (Fsp3) is 0.318. The van der Waals surface area contributed by atoms with Crippen LogP contribution < -0.4 is 15.5 Å². The number of aliphatic imine (C=N–C) groups is 1. The number of fused-ring (bicyclic) bond motifs is 1. The highest BCUT2D eigenvalue weighted by molar-refractivity contribution is 5.97. The van der Waals surface area contributed by atoms with Gasteiger partial charge >= 0.3 is 0 Å². The Morgan fingerprint density at radius 2 is 2.03 bits per heavy atom. The van der Waals surface area contributed by atoms with E-state index in [4.69, 9.17) is 0 Å². The molecule has 0 bridgehead atoms. The number of rotatable bonds is 5. The Labute approximate surface area is 170 Å². The molecule has 150 valence electrons. The lowest BCUT2D eigenvalue weighted by molar-refractivity contribution is -0.117. The van der Waals surface area contributed by atoms with E-state index in [1.165, 1.54) is 0 Å². The lowest BCUT2D eigenvalue weighted by Crippen LogP contribution is -2.44. The van der Waals surface area contributed by atoms with Gasteiger partial charge in [-0.2, -0.15) is 0 Å². The minimum Gasteiger partial charge on any atom is -0.357 e. The monoisotopic (exact) mass is 390 g/mol. The fourth-order valence-electron chi connectivity index (χ4n) is 3.61. The standard InChI is InChI=1S/C22H26N6O/c1-3-23-22(24-13-18-15-27-16(2)8-7-11-20(27)25-18)26-17-12-21(29)28(14-17)19-9-5-4-6-10-19/h4-11,15,17H,3,12-14H2,1-2H3,(H2,23,24,26). The predicted molar refractivity (Wildman–Crippen MR) is 115 cm³/mol. The largest absolute Gasteiger partial charge is 0.357 e. The quantitative estimate of drug-likeness (QED) is 0.519. The predicted octanol–water partition coefficient (Wildman–Crippen LogP) is 2.50. The van der Waals surface area contributed by atoms with Crippen LogP contribution in [0.5, 0.6) is 0 Å². The molecule has 0 aliphatic carbocycles. The summed E-state index contributed by atoms with van der Waals surface area (Å²) in [5, 5.41) is 6.67. The Morgan fingerprint density at radius 3 is 2.79 bits per heavy atom. The molecular weight excluding hydrogens is 364 g/mol. The number of benzene rings is 1. The van der Waals surface area contributed by atoms with Gasteiger partial charge in [0, 0.05) is 37.1 Å². The molecule has 1 unspecified atom stereocenters. The molecule has 7 heteroatoms. The first-order chi connectivity index (χ1) is 14.1. The van der Waals surface area contributed by atoms with Gasteiger partial charge in [-0.15, -0.1) is 0 Å².